The molecule has 1 fully saturated rings. The van der Waals surface area contributed by atoms with E-state index in [0.717, 1.165) is 4.90 Å². The highest BCUT2D eigenvalue weighted by atomic mass is 16.6. The predicted molar refractivity (Wildman–Crippen MR) is 80.0 cm³/mol. The summed E-state index contributed by atoms with van der Waals surface area (Å²) < 4.78 is 5.53. The van der Waals surface area contributed by atoms with Gasteiger partial charge in [-0.1, -0.05) is 6.07 Å². The molecule has 0 radical (unpaired) electrons. The summed E-state index contributed by atoms with van der Waals surface area (Å²) in [4.78, 5) is 38.5. The lowest BCUT2D eigenvalue weighted by Crippen LogP contribution is -2.52. The summed E-state index contributed by atoms with van der Waals surface area (Å²) in [6.07, 6.45) is 0.00992. The van der Waals surface area contributed by atoms with E-state index >= 15 is 0 Å². The van der Waals surface area contributed by atoms with Gasteiger partial charge in [-0.15, -0.1) is 0 Å². The van der Waals surface area contributed by atoms with E-state index in [4.69, 9.17) is 4.74 Å². The summed E-state index contributed by atoms with van der Waals surface area (Å²) in [5, 5.41) is 11.1. The Morgan fingerprint density at radius 2 is 2.04 bits per heavy atom. The first kappa shape index (κ1) is 15.6. The lowest BCUT2D eigenvalue weighted by atomic mass is 10.1. The fourth-order valence-corrected chi connectivity index (χ4v) is 2.95. The zero-order chi connectivity index (χ0) is 16.7. The van der Waals surface area contributed by atoms with Crippen molar-refractivity contribution in [2.45, 2.75) is 26.0 Å². The molecule has 8 nitrogen and oxygen atoms in total. The van der Waals surface area contributed by atoms with Crippen molar-refractivity contribution in [3.63, 3.8) is 0 Å². The molecule has 0 bridgehead atoms. The topological polar surface area (TPSA) is 93.0 Å². The largest absolute Gasteiger partial charge is 0.376 e. The van der Waals surface area contributed by atoms with Crippen molar-refractivity contribution in [2.75, 3.05) is 19.8 Å². The number of nitrogens with zero attached hydrogens (tertiary/aromatic N) is 3. The van der Waals surface area contributed by atoms with E-state index in [1.54, 1.807) is 0 Å². The molecule has 2 aliphatic heterocycles. The minimum atomic E-state index is -0.632. The van der Waals surface area contributed by atoms with Gasteiger partial charge in [-0.3, -0.25) is 29.5 Å². The maximum absolute atomic E-state index is 12.5. The number of imide groups is 1. The molecule has 0 spiro atoms. The van der Waals surface area contributed by atoms with Crippen molar-refractivity contribution >= 4 is 17.5 Å². The number of ether oxygens (including phenoxy) is 1. The van der Waals surface area contributed by atoms with Gasteiger partial charge in [-0.25, -0.2) is 0 Å². The van der Waals surface area contributed by atoms with E-state index < -0.39 is 16.7 Å². The molecule has 122 valence electrons. The quantitative estimate of drug-likeness (QED) is 0.473. The average Bonchev–Trinajstić information content (AvgIpc) is 2.76. The number of hydrogen-bond donors (Lipinski definition) is 0. The van der Waals surface area contributed by atoms with Crippen molar-refractivity contribution in [1.29, 1.82) is 0 Å². The Balaban J connectivity index is 1.89. The molecule has 2 heterocycles. The van der Waals surface area contributed by atoms with Gasteiger partial charge in [-0.2, -0.15) is 0 Å². The lowest BCUT2D eigenvalue weighted by molar-refractivity contribution is -0.385. The standard InChI is InChI=1S/C15H17N3O5/c1-9-7-23-10(2)6-16(9)8-17-14(19)11-4-3-5-12(18(21)22)13(11)15(17)20/h3-5,9-10H,6-8H2,1-2H3. The Labute approximate surface area is 132 Å². The van der Waals surface area contributed by atoms with E-state index in [2.05, 4.69) is 0 Å². The first-order chi connectivity index (χ1) is 10.9. The smallest absolute Gasteiger partial charge is 0.282 e. The van der Waals surface area contributed by atoms with Gasteiger partial charge >= 0.3 is 0 Å². The van der Waals surface area contributed by atoms with Crippen LogP contribution >= 0.6 is 0 Å². The van der Waals surface area contributed by atoms with Gasteiger partial charge < -0.3 is 4.74 Å². The maximum Gasteiger partial charge on any atom is 0.282 e. The van der Waals surface area contributed by atoms with Crippen LogP contribution < -0.4 is 0 Å². The molecule has 2 amide bonds. The zero-order valence-corrected chi connectivity index (χ0v) is 12.9. The summed E-state index contributed by atoms with van der Waals surface area (Å²) in [5.74, 6) is -1.09. The summed E-state index contributed by atoms with van der Waals surface area (Å²) in [6.45, 7) is 5.10. The molecule has 0 N–H and O–H groups in total. The first-order valence-electron chi connectivity index (χ1n) is 7.39. The highest BCUT2D eigenvalue weighted by Crippen LogP contribution is 2.31. The molecule has 0 aliphatic carbocycles. The number of hydrogen-bond acceptors (Lipinski definition) is 6. The minimum absolute atomic E-state index is 0.00992. The minimum Gasteiger partial charge on any atom is -0.376 e. The van der Waals surface area contributed by atoms with Crippen molar-refractivity contribution in [2.24, 2.45) is 0 Å². The number of carbonyl (C=O) groups excluding carboxylic acids is 2. The van der Waals surface area contributed by atoms with Crippen molar-refractivity contribution < 1.29 is 19.2 Å². The number of fused-ring (bicyclic) bond motifs is 1. The van der Waals surface area contributed by atoms with E-state index in [0.29, 0.717) is 13.2 Å². The predicted octanol–water partition coefficient (Wildman–Crippen LogP) is 1.26. The maximum atomic E-state index is 12.5. The first-order valence-corrected chi connectivity index (χ1v) is 7.39. The molecule has 2 aliphatic rings. The van der Waals surface area contributed by atoms with Crippen LogP contribution in [0, 0.1) is 10.1 Å². The normalized spacial score (nSPS) is 24.9. The van der Waals surface area contributed by atoms with Gasteiger partial charge in [0.05, 0.1) is 29.9 Å². The Morgan fingerprint density at radius 1 is 1.30 bits per heavy atom. The van der Waals surface area contributed by atoms with E-state index in [1.165, 1.54) is 18.2 Å². The number of amides is 2. The third-order valence-corrected chi connectivity index (χ3v) is 4.23. The fourth-order valence-electron chi connectivity index (χ4n) is 2.95. The second kappa shape index (κ2) is 5.71. The summed E-state index contributed by atoms with van der Waals surface area (Å²) >= 11 is 0. The SMILES string of the molecule is CC1CN(CN2C(=O)c3cccc([N+](=O)[O-])c3C2=O)C(C)CO1. The van der Waals surface area contributed by atoms with Gasteiger partial charge in [0.25, 0.3) is 17.5 Å². The highest BCUT2D eigenvalue weighted by molar-refractivity contribution is 6.23. The zero-order valence-electron chi connectivity index (χ0n) is 12.9. The number of nitro groups is 1. The molecule has 2 atom stereocenters. The number of carbonyl (C=O) groups is 2. The van der Waals surface area contributed by atoms with Crippen LogP contribution in [0.3, 0.4) is 0 Å². The third kappa shape index (κ3) is 2.60. The van der Waals surface area contributed by atoms with Gasteiger partial charge in [0.15, 0.2) is 0 Å². The van der Waals surface area contributed by atoms with Crippen LogP contribution in [0.2, 0.25) is 0 Å². The number of benzene rings is 1. The van der Waals surface area contributed by atoms with Crippen LogP contribution in [0.25, 0.3) is 0 Å². The van der Waals surface area contributed by atoms with Crippen LogP contribution in [-0.2, 0) is 4.74 Å². The molecule has 1 aromatic carbocycles. The molecule has 2 unspecified atom stereocenters. The molecular formula is C15H17N3O5. The van der Waals surface area contributed by atoms with Gasteiger partial charge in [-0.05, 0) is 19.9 Å². The molecular weight excluding hydrogens is 302 g/mol. The van der Waals surface area contributed by atoms with Crippen molar-refractivity contribution in [3.05, 3.63) is 39.4 Å². The van der Waals surface area contributed by atoms with Gasteiger partial charge in [0.1, 0.15) is 5.56 Å². The van der Waals surface area contributed by atoms with E-state index in [9.17, 15) is 19.7 Å². The van der Waals surface area contributed by atoms with E-state index in [-0.39, 0.29) is 35.6 Å². The Hall–Kier alpha value is -2.32. The molecule has 3 rings (SSSR count). The molecule has 0 aromatic heterocycles. The fraction of sp³-hybridized carbons (Fsp3) is 0.467. The lowest BCUT2D eigenvalue weighted by Gasteiger charge is -2.38. The Kier molecular flexibility index (Phi) is 3.87. The second-order valence-electron chi connectivity index (χ2n) is 5.90. The van der Waals surface area contributed by atoms with Crippen LogP contribution in [0.15, 0.2) is 18.2 Å². The van der Waals surface area contributed by atoms with E-state index in [1.807, 2.05) is 18.7 Å². The van der Waals surface area contributed by atoms with Crippen LogP contribution in [0.4, 0.5) is 5.69 Å². The monoisotopic (exact) mass is 319 g/mol. The molecule has 1 saturated heterocycles. The summed E-state index contributed by atoms with van der Waals surface area (Å²) in [7, 11) is 0. The Morgan fingerprint density at radius 3 is 2.74 bits per heavy atom. The van der Waals surface area contributed by atoms with Crippen LogP contribution in [-0.4, -0.2) is 58.5 Å². The third-order valence-electron chi connectivity index (χ3n) is 4.23. The summed E-state index contributed by atoms with van der Waals surface area (Å²) in [6, 6.07) is 4.18. The van der Waals surface area contributed by atoms with Crippen LogP contribution in [0.1, 0.15) is 34.6 Å². The number of morpholine rings is 1. The molecule has 0 saturated carbocycles. The van der Waals surface area contributed by atoms with Gasteiger partial charge in [0, 0.05) is 18.7 Å². The summed E-state index contributed by atoms with van der Waals surface area (Å²) in [5.41, 5.74) is -0.346. The molecule has 1 aromatic rings. The van der Waals surface area contributed by atoms with Crippen LogP contribution in [0.5, 0.6) is 0 Å². The molecule has 23 heavy (non-hydrogen) atoms. The number of nitro benzene ring substituents is 1. The van der Waals surface area contributed by atoms with Gasteiger partial charge in [0.2, 0.25) is 0 Å². The number of rotatable bonds is 3. The molecule has 8 heteroatoms. The highest BCUT2D eigenvalue weighted by Gasteiger charge is 2.42. The van der Waals surface area contributed by atoms with Crippen molar-refractivity contribution in [3.8, 4) is 0 Å². The Bertz CT molecular complexity index is 690. The second-order valence-corrected chi connectivity index (χ2v) is 5.90. The van der Waals surface area contributed by atoms with Crippen molar-refractivity contribution in [1.82, 2.24) is 9.80 Å². The average molecular weight is 319 g/mol.